The first-order chi connectivity index (χ1) is 12.7. The van der Waals surface area contributed by atoms with Gasteiger partial charge in [-0.15, -0.1) is 0 Å². The lowest BCUT2D eigenvalue weighted by molar-refractivity contribution is -0.126. The van der Waals surface area contributed by atoms with Crippen molar-refractivity contribution in [2.24, 2.45) is 5.92 Å². The summed E-state index contributed by atoms with van der Waals surface area (Å²) in [5, 5.41) is 6.60. The van der Waals surface area contributed by atoms with Crippen LogP contribution < -0.4 is 15.4 Å². The predicted octanol–water partition coefficient (Wildman–Crippen LogP) is 3.02. The van der Waals surface area contributed by atoms with Crippen LogP contribution in [0.3, 0.4) is 0 Å². The Balaban J connectivity index is 1.27. The van der Waals surface area contributed by atoms with E-state index in [2.05, 4.69) is 41.8 Å². The van der Waals surface area contributed by atoms with Gasteiger partial charge in [0.25, 0.3) is 0 Å². The van der Waals surface area contributed by atoms with Gasteiger partial charge in [-0.1, -0.05) is 48.0 Å². The SMILES string of the molecule is Cc1ccc(OC2CC(NC(=O)[C@@H]3CNC[C@H]3c3ccccc3)C2)cc1. The Labute approximate surface area is 155 Å². The Kier molecular flexibility index (Phi) is 4.93. The molecule has 2 aromatic carbocycles. The lowest BCUT2D eigenvalue weighted by atomic mass is 9.85. The standard InChI is InChI=1S/C22H26N2O2/c1-15-7-9-18(10-8-15)26-19-11-17(12-19)24-22(25)21-14-23-13-20(21)16-5-3-2-4-6-16/h2-10,17,19-21,23H,11-14H2,1H3,(H,24,25)/t17?,19?,20-,21+/m0/s1. The van der Waals surface area contributed by atoms with Gasteiger partial charge >= 0.3 is 0 Å². The topological polar surface area (TPSA) is 50.4 Å². The van der Waals surface area contributed by atoms with Crippen molar-refractivity contribution < 1.29 is 9.53 Å². The molecule has 4 rings (SSSR count). The third kappa shape index (κ3) is 3.75. The molecule has 1 aliphatic carbocycles. The van der Waals surface area contributed by atoms with Crippen LogP contribution in [-0.2, 0) is 4.79 Å². The Hall–Kier alpha value is -2.33. The van der Waals surface area contributed by atoms with Gasteiger partial charge in [0, 0.05) is 37.9 Å². The number of carbonyl (C=O) groups is 1. The quantitative estimate of drug-likeness (QED) is 0.871. The van der Waals surface area contributed by atoms with Crippen LogP contribution in [-0.4, -0.2) is 31.1 Å². The van der Waals surface area contributed by atoms with Gasteiger partial charge in [0.05, 0.1) is 5.92 Å². The number of benzene rings is 2. The third-order valence-electron chi connectivity index (χ3n) is 5.54. The van der Waals surface area contributed by atoms with Gasteiger partial charge in [0.1, 0.15) is 11.9 Å². The van der Waals surface area contributed by atoms with Crippen LogP contribution >= 0.6 is 0 Å². The first kappa shape index (κ1) is 17.1. The number of hydrogen-bond acceptors (Lipinski definition) is 3. The van der Waals surface area contributed by atoms with Crippen LogP contribution in [0.1, 0.15) is 29.9 Å². The number of ether oxygens (including phenoxy) is 1. The van der Waals surface area contributed by atoms with Gasteiger partial charge in [-0.2, -0.15) is 0 Å². The Morgan fingerprint density at radius 1 is 1.04 bits per heavy atom. The van der Waals surface area contributed by atoms with Crippen molar-refractivity contribution in [3.05, 3.63) is 65.7 Å². The molecule has 1 saturated heterocycles. The zero-order chi connectivity index (χ0) is 17.9. The average Bonchev–Trinajstić information content (AvgIpc) is 3.12. The summed E-state index contributed by atoms with van der Waals surface area (Å²) in [6, 6.07) is 18.7. The molecule has 4 heteroatoms. The van der Waals surface area contributed by atoms with Crippen LogP contribution in [0.2, 0.25) is 0 Å². The molecule has 26 heavy (non-hydrogen) atoms. The van der Waals surface area contributed by atoms with E-state index in [1.54, 1.807) is 0 Å². The van der Waals surface area contributed by atoms with Gasteiger partial charge in [-0.05, 0) is 24.6 Å². The molecular weight excluding hydrogens is 324 g/mol. The monoisotopic (exact) mass is 350 g/mol. The molecule has 2 N–H and O–H groups in total. The Morgan fingerprint density at radius 3 is 2.50 bits per heavy atom. The number of hydrogen-bond donors (Lipinski definition) is 2. The van der Waals surface area contributed by atoms with E-state index in [4.69, 9.17) is 4.74 Å². The molecule has 2 aromatic rings. The van der Waals surface area contributed by atoms with E-state index in [0.717, 1.165) is 31.7 Å². The highest BCUT2D eigenvalue weighted by Gasteiger charge is 2.38. The van der Waals surface area contributed by atoms with Crippen LogP contribution in [0.4, 0.5) is 0 Å². The lowest BCUT2D eigenvalue weighted by Crippen LogP contribution is -2.51. The second kappa shape index (κ2) is 7.50. The van der Waals surface area contributed by atoms with Crippen molar-refractivity contribution in [3.8, 4) is 5.75 Å². The largest absolute Gasteiger partial charge is 0.490 e. The molecule has 0 radical (unpaired) electrons. The summed E-state index contributed by atoms with van der Waals surface area (Å²) in [7, 11) is 0. The number of amides is 1. The van der Waals surface area contributed by atoms with Crippen molar-refractivity contribution in [1.29, 1.82) is 0 Å². The van der Waals surface area contributed by atoms with E-state index in [0.29, 0.717) is 0 Å². The smallest absolute Gasteiger partial charge is 0.225 e. The normalized spacial score (nSPS) is 27.6. The Bertz CT molecular complexity index is 738. The molecule has 0 spiro atoms. The summed E-state index contributed by atoms with van der Waals surface area (Å²) in [4.78, 5) is 12.7. The fourth-order valence-corrected chi connectivity index (χ4v) is 3.90. The summed E-state index contributed by atoms with van der Waals surface area (Å²) < 4.78 is 5.97. The second-order valence-electron chi connectivity index (χ2n) is 7.51. The number of aryl methyl sites for hydroxylation is 1. The summed E-state index contributed by atoms with van der Waals surface area (Å²) in [5.41, 5.74) is 2.47. The van der Waals surface area contributed by atoms with Gasteiger partial charge in [-0.3, -0.25) is 4.79 Å². The number of nitrogens with one attached hydrogen (secondary N) is 2. The number of carbonyl (C=O) groups excluding carboxylic acids is 1. The van der Waals surface area contributed by atoms with E-state index in [9.17, 15) is 4.79 Å². The van der Waals surface area contributed by atoms with Crippen molar-refractivity contribution in [1.82, 2.24) is 10.6 Å². The zero-order valence-electron chi connectivity index (χ0n) is 15.2. The molecule has 0 bridgehead atoms. The van der Waals surface area contributed by atoms with Crippen molar-refractivity contribution >= 4 is 5.91 Å². The molecule has 0 unspecified atom stereocenters. The predicted molar refractivity (Wildman–Crippen MR) is 102 cm³/mol. The van der Waals surface area contributed by atoms with E-state index in [-0.39, 0.29) is 29.9 Å². The minimum absolute atomic E-state index is 0.00877. The van der Waals surface area contributed by atoms with E-state index in [1.165, 1.54) is 11.1 Å². The van der Waals surface area contributed by atoms with Crippen LogP contribution in [0.15, 0.2) is 54.6 Å². The molecule has 2 aliphatic rings. The number of rotatable bonds is 5. The third-order valence-corrected chi connectivity index (χ3v) is 5.54. The summed E-state index contributed by atoms with van der Waals surface area (Å²) in [6.07, 6.45) is 1.97. The summed E-state index contributed by atoms with van der Waals surface area (Å²) in [5.74, 6) is 1.35. The fourth-order valence-electron chi connectivity index (χ4n) is 3.90. The molecule has 1 amide bonds. The summed E-state index contributed by atoms with van der Waals surface area (Å²) in [6.45, 7) is 3.69. The van der Waals surface area contributed by atoms with Gasteiger partial charge in [-0.25, -0.2) is 0 Å². The van der Waals surface area contributed by atoms with Gasteiger partial charge in [0.2, 0.25) is 5.91 Å². The molecule has 136 valence electrons. The maximum atomic E-state index is 12.7. The molecular formula is C22H26N2O2. The minimum Gasteiger partial charge on any atom is -0.490 e. The van der Waals surface area contributed by atoms with Crippen LogP contribution in [0.5, 0.6) is 5.75 Å². The van der Waals surface area contributed by atoms with Crippen molar-refractivity contribution in [3.63, 3.8) is 0 Å². The minimum atomic E-state index is 0.00877. The molecule has 1 aliphatic heterocycles. The van der Waals surface area contributed by atoms with E-state index >= 15 is 0 Å². The molecule has 2 fully saturated rings. The first-order valence-electron chi connectivity index (χ1n) is 9.48. The molecule has 1 heterocycles. The van der Waals surface area contributed by atoms with Gasteiger partial charge in [0.15, 0.2) is 0 Å². The second-order valence-corrected chi connectivity index (χ2v) is 7.51. The molecule has 0 aromatic heterocycles. The average molecular weight is 350 g/mol. The lowest BCUT2D eigenvalue weighted by Gasteiger charge is -2.36. The first-order valence-corrected chi connectivity index (χ1v) is 9.48. The zero-order valence-corrected chi connectivity index (χ0v) is 15.2. The highest BCUT2D eigenvalue weighted by molar-refractivity contribution is 5.81. The summed E-state index contributed by atoms with van der Waals surface area (Å²) >= 11 is 0. The highest BCUT2D eigenvalue weighted by Crippen LogP contribution is 2.30. The van der Waals surface area contributed by atoms with Crippen molar-refractivity contribution in [2.75, 3.05) is 13.1 Å². The van der Waals surface area contributed by atoms with Crippen LogP contribution in [0.25, 0.3) is 0 Å². The van der Waals surface area contributed by atoms with E-state index in [1.807, 2.05) is 30.3 Å². The van der Waals surface area contributed by atoms with Gasteiger partial charge < -0.3 is 15.4 Å². The van der Waals surface area contributed by atoms with Crippen molar-refractivity contribution in [2.45, 2.75) is 37.8 Å². The molecule has 1 saturated carbocycles. The highest BCUT2D eigenvalue weighted by atomic mass is 16.5. The van der Waals surface area contributed by atoms with Crippen LogP contribution in [0, 0.1) is 12.8 Å². The molecule has 4 nitrogen and oxygen atoms in total. The molecule has 2 atom stereocenters. The maximum absolute atomic E-state index is 12.7. The van der Waals surface area contributed by atoms with E-state index < -0.39 is 0 Å². The maximum Gasteiger partial charge on any atom is 0.225 e. The Morgan fingerprint density at radius 2 is 1.77 bits per heavy atom. The fraction of sp³-hybridized carbons (Fsp3) is 0.409.